The van der Waals surface area contributed by atoms with Crippen molar-refractivity contribution in [3.05, 3.63) is 47.1 Å². The van der Waals surface area contributed by atoms with Crippen LogP contribution in [0.2, 0.25) is 0 Å². The summed E-state index contributed by atoms with van der Waals surface area (Å²) in [6.07, 6.45) is 0. The van der Waals surface area contributed by atoms with E-state index in [0.717, 1.165) is 45.4 Å². The minimum Gasteiger partial charge on any atom is -0.379 e. The predicted molar refractivity (Wildman–Crippen MR) is 119 cm³/mol. The number of benzene rings is 1. The zero-order valence-electron chi connectivity index (χ0n) is 16.5. The van der Waals surface area contributed by atoms with Gasteiger partial charge in [0.2, 0.25) is 5.89 Å². The first-order chi connectivity index (χ1) is 13.2. The number of aryl methyl sites for hydroxylation is 1. The molecule has 2 heterocycles. The Balaban J connectivity index is 0.00000280. The van der Waals surface area contributed by atoms with Crippen LogP contribution in [0.4, 0.5) is 0 Å². The molecule has 0 spiro atoms. The number of guanidine groups is 1. The SMILES string of the molecule is CCNC(=NCc1ccccc1CN1CCOCC1)NCc1nc(C)no1.I. The van der Waals surface area contributed by atoms with E-state index in [2.05, 4.69) is 49.9 Å². The van der Waals surface area contributed by atoms with Gasteiger partial charge in [-0.15, -0.1) is 24.0 Å². The molecular formula is C19H29IN6O2. The van der Waals surface area contributed by atoms with Crippen LogP contribution < -0.4 is 10.6 Å². The molecule has 0 unspecified atom stereocenters. The molecule has 1 aliphatic heterocycles. The molecule has 154 valence electrons. The fourth-order valence-electron chi connectivity index (χ4n) is 2.94. The van der Waals surface area contributed by atoms with Gasteiger partial charge in [0, 0.05) is 26.2 Å². The van der Waals surface area contributed by atoms with Gasteiger partial charge in [-0.3, -0.25) is 4.90 Å². The summed E-state index contributed by atoms with van der Waals surface area (Å²) in [5, 5.41) is 10.3. The number of aromatic nitrogens is 2. The predicted octanol–water partition coefficient (Wildman–Crippen LogP) is 2.08. The first-order valence-corrected chi connectivity index (χ1v) is 9.43. The van der Waals surface area contributed by atoms with E-state index in [-0.39, 0.29) is 24.0 Å². The fraction of sp³-hybridized carbons (Fsp3) is 0.526. The summed E-state index contributed by atoms with van der Waals surface area (Å²) in [5.74, 6) is 1.91. The molecule has 1 saturated heterocycles. The molecule has 2 aromatic rings. The van der Waals surface area contributed by atoms with Gasteiger partial charge < -0.3 is 19.9 Å². The second-order valence-electron chi connectivity index (χ2n) is 6.44. The zero-order valence-corrected chi connectivity index (χ0v) is 18.8. The molecule has 0 amide bonds. The van der Waals surface area contributed by atoms with E-state index < -0.39 is 0 Å². The lowest BCUT2D eigenvalue weighted by molar-refractivity contribution is 0.0341. The maximum Gasteiger partial charge on any atom is 0.246 e. The van der Waals surface area contributed by atoms with Crippen molar-refractivity contribution in [2.24, 2.45) is 4.99 Å². The van der Waals surface area contributed by atoms with E-state index >= 15 is 0 Å². The lowest BCUT2D eigenvalue weighted by atomic mass is 10.1. The Kier molecular flexibility index (Phi) is 9.65. The molecule has 0 radical (unpaired) electrons. The van der Waals surface area contributed by atoms with Gasteiger partial charge >= 0.3 is 0 Å². The summed E-state index contributed by atoms with van der Waals surface area (Å²) in [6.45, 7) is 10.2. The quantitative estimate of drug-likeness (QED) is 0.342. The minimum atomic E-state index is 0. The lowest BCUT2D eigenvalue weighted by Crippen LogP contribution is -2.37. The highest BCUT2D eigenvalue weighted by molar-refractivity contribution is 14.0. The van der Waals surface area contributed by atoms with Gasteiger partial charge in [-0.2, -0.15) is 4.98 Å². The van der Waals surface area contributed by atoms with Crippen molar-refractivity contribution in [1.82, 2.24) is 25.7 Å². The van der Waals surface area contributed by atoms with Crippen LogP contribution in [0.1, 0.15) is 29.8 Å². The Labute approximate surface area is 183 Å². The van der Waals surface area contributed by atoms with Gasteiger partial charge in [0.05, 0.1) is 26.3 Å². The Morgan fingerprint density at radius 1 is 1.18 bits per heavy atom. The topological polar surface area (TPSA) is 87.8 Å². The van der Waals surface area contributed by atoms with Gasteiger partial charge in [-0.1, -0.05) is 29.4 Å². The van der Waals surface area contributed by atoms with Crippen molar-refractivity contribution in [2.75, 3.05) is 32.8 Å². The molecule has 0 atom stereocenters. The van der Waals surface area contributed by atoms with Crippen molar-refractivity contribution in [1.29, 1.82) is 0 Å². The zero-order chi connectivity index (χ0) is 18.9. The summed E-state index contributed by atoms with van der Waals surface area (Å²) in [5.41, 5.74) is 2.54. The molecule has 1 aromatic carbocycles. The molecule has 0 saturated carbocycles. The molecule has 1 aromatic heterocycles. The van der Waals surface area contributed by atoms with Crippen LogP contribution in [0, 0.1) is 6.92 Å². The number of aliphatic imine (C=N–C) groups is 1. The molecule has 1 aliphatic rings. The van der Waals surface area contributed by atoms with Gasteiger partial charge in [0.15, 0.2) is 11.8 Å². The first-order valence-electron chi connectivity index (χ1n) is 9.43. The van der Waals surface area contributed by atoms with Crippen LogP contribution in [0.5, 0.6) is 0 Å². The number of nitrogens with zero attached hydrogens (tertiary/aromatic N) is 4. The number of hydrogen-bond donors (Lipinski definition) is 2. The van der Waals surface area contributed by atoms with Crippen molar-refractivity contribution >= 4 is 29.9 Å². The smallest absolute Gasteiger partial charge is 0.246 e. The summed E-state index contributed by atoms with van der Waals surface area (Å²) in [7, 11) is 0. The Morgan fingerprint density at radius 2 is 1.93 bits per heavy atom. The van der Waals surface area contributed by atoms with E-state index in [1.165, 1.54) is 11.1 Å². The maximum absolute atomic E-state index is 5.44. The van der Waals surface area contributed by atoms with E-state index in [1.807, 2.05) is 6.92 Å². The minimum absolute atomic E-state index is 0. The van der Waals surface area contributed by atoms with Crippen LogP contribution in [0.15, 0.2) is 33.8 Å². The molecule has 8 nitrogen and oxygen atoms in total. The molecule has 2 N–H and O–H groups in total. The van der Waals surface area contributed by atoms with Crippen molar-refractivity contribution in [3.8, 4) is 0 Å². The Hall–Kier alpha value is -1.72. The molecule has 28 heavy (non-hydrogen) atoms. The fourth-order valence-corrected chi connectivity index (χ4v) is 2.94. The van der Waals surface area contributed by atoms with Gasteiger partial charge in [-0.25, -0.2) is 4.99 Å². The molecule has 1 fully saturated rings. The second-order valence-corrected chi connectivity index (χ2v) is 6.44. The third-order valence-electron chi connectivity index (χ3n) is 4.34. The maximum atomic E-state index is 5.44. The molecule has 0 bridgehead atoms. The van der Waals surface area contributed by atoms with E-state index in [0.29, 0.717) is 24.8 Å². The summed E-state index contributed by atoms with van der Waals surface area (Å²) in [4.78, 5) is 11.3. The highest BCUT2D eigenvalue weighted by Crippen LogP contribution is 2.14. The number of rotatable bonds is 7. The van der Waals surface area contributed by atoms with Crippen LogP contribution in [-0.2, 0) is 24.4 Å². The number of morpholine rings is 1. The summed E-state index contributed by atoms with van der Waals surface area (Å²) in [6, 6.07) is 8.48. The normalized spacial score (nSPS) is 15.1. The highest BCUT2D eigenvalue weighted by Gasteiger charge is 2.12. The van der Waals surface area contributed by atoms with Gasteiger partial charge in [0.25, 0.3) is 0 Å². The Bertz CT molecular complexity index is 746. The summed E-state index contributed by atoms with van der Waals surface area (Å²) < 4.78 is 10.6. The standard InChI is InChI=1S/C19H28N6O2.HI/c1-3-20-19(22-13-18-23-15(2)24-27-18)21-12-16-6-4-5-7-17(16)14-25-8-10-26-11-9-25;/h4-7H,3,8-14H2,1-2H3,(H2,20,21,22);1H. The van der Waals surface area contributed by atoms with Gasteiger partial charge in [0.1, 0.15) is 0 Å². The highest BCUT2D eigenvalue weighted by atomic mass is 127. The van der Waals surface area contributed by atoms with Crippen LogP contribution in [0.25, 0.3) is 0 Å². The lowest BCUT2D eigenvalue weighted by Gasteiger charge is -2.27. The second kappa shape index (κ2) is 12.0. The third-order valence-corrected chi connectivity index (χ3v) is 4.34. The van der Waals surface area contributed by atoms with Crippen molar-refractivity contribution < 1.29 is 9.26 Å². The van der Waals surface area contributed by atoms with E-state index in [1.54, 1.807) is 6.92 Å². The van der Waals surface area contributed by atoms with Crippen LogP contribution in [-0.4, -0.2) is 53.8 Å². The van der Waals surface area contributed by atoms with E-state index in [9.17, 15) is 0 Å². The summed E-state index contributed by atoms with van der Waals surface area (Å²) >= 11 is 0. The van der Waals surface area contributed by atoms with Gasteiger partial charge in [-0.05, 0) is 25.0 Å². The number of hydrogen-bond acceptors (Lipinski definition) is 6. The number of nitrogens with one attached hydrogen (secondary N) is 2. The number of halogens is 1. The van der Waals surface area contributed by atoms with E-state index in [4.69, 9.17) is 14.3 Å². The van der Waals surface area contributed by atoms with Crippen molar-refractivity contribution in [3.63, 3.8) is 0 Å². The molecule has 9 heteroatoms. The average Bonchev–Trinajstić information content (AvgIpc) is 3.11. The van der Waals surface area contributed by atoms with Crippen molar-refractivity contribution in [2.45, 2.75) is 33.5 Å². The average molecular weight is 500 g/mol. The third kappa shape index (κ3) is 7.02. The molecular weight excluding hydrogens is 471 g/mol. The van der Waals surface area contributed by atoms with Crippen LogP contribution >= 0.6 is 24.0 Å². The largest absolute Gasteiger partial charge is 0.379 e. The molecule has 0 aliphatic carbocycles. The first kappa shape index (κ1) is 22.6. The monoisotopic (exact) mass is 500 g/mol. The van der Waals surface area contributed by atoms with Crippen LogP contribution in [0.3, 0.4) is 0 Å². The number of ether oxygens (including phenoxy) is 1. The molecule has 3 rings (SSSR count). The Morgan fingerprint density at radius 3 is 2.61 bits per heavy atom.